The van der Waals surface area contributed by atoms with E-state index < -0.39 is 0 Å². The Balaban J connectivity index is 1.42. The van der Waals surface area contributed by atoms with Gasteiger partial charge in [0, 0.05) is 38.1 Å². The number of nitrogens with zero attached hydrogens (tertiary/aromatic N) is 3. The van der Waals surface area contributed by atoms with Crippen LogP contribution in [-0.4, -0.2) is 48.4 Å². The molecule has 0 spiro atoms. The first kappa shape index (κ1) is 13.7. The number of thiazole rings is 1. The second-order valence-electron chi connectivity index (χ2n) is 6.60. The molecule has 3 fully saturated rings. The zero-order valence-corrected chi connectivity index (χ0v) is 13.3. The standard InChI is InChI=1S/C16H23N3OS/c20-11-14-15(12-5-6-12)17-16(21-14)19-9-7-18(8-10-19)13-3-1-2-4-13/h11-13H,1-10H2. The van der Waals surface area contributed by atoms with Crippen LogP contribution in [0.25, 0.3) is 0 Å². The van der Waals surface area contributed by atoms with Crippen molar-refractivity contribution in [3.05, 3.63) is 10.6 Å². The molecule has 5 heteroatoms. The molecule has 0 radical (unpaired) electrons. The van der Waals surface area contributed by atoms with Crippen LogP contribution in [0.2, 0.25) is 0 Å². The summed E-state index contributed by atoms with van der Waals surface area (Å²) >= 11 is 1.60. The molecular weight excluding hydrogens is 282 g/mol. The van der Waals surface area contributed by atoms with E-state index in [1.165, 1.54) is 38.5 Å². The molecule has 0 amide bonds. The minimum Gasteiger partial charge on any atom is -0.346 e. The molecule has 1 aliphatic heterocycles. The number of aldehydes is 1. The minimum atomic E-state index is 0.565. The SMILES string of the molecule is O=Cc1sc(N2CCN(C3CCCC3)CC2)nc1C1CC1. The largest absolute Gasteiger partial charge is 0.346 e. The van der Waals surface area contributed by atoms with Gasteiger partial charge in [-0.2, -0.15) is 0 Å². The normalized spacial score (nSPS) is 24.7. The highest BCUT2D eigenvalue weighted by Gasteiger charge is 2.32. The summed E-state index contributed by atoms with van der Waals surface area (Å²) in [5, 5.41) is 1.07. The Morgan fingerprint density at radius 1 is 1.05 bits per heavy atom. The van der Waals surface area contributed by atoms with Gasteiger partial charge in [0.1, 0.15) is 0 Å². The molecule has 2 heterocycles. The maximum atomic E-state index is 11.2. The van der Waals surface area contributed by atoms with Crippen LogP contribution < -0.4 is 4.90 Å². The molecule has 4 rings (SSSR count). The van der Waals surface area contributed by atoms with Crippen molar-refractivity contribution in [1.29, 1.82) is 0 Å². The maximum absolute atomic E-state index is 11.2. The van der Waals surface area contributed by atoms with Gasteiger partial charge in [0.2, 0.25) is 0 Å². The van der Waals surface area contributed by atoms with Crippen molar-refractivity contribution in [2.45, 2.75) is 50.5 Å². The van der Waals surface area contributed by atoms with Crippen LogP contribution in [0.15, 0.2) is 0 Å². The molecule has 1 saturated heterocycles. The molecule has 0 aromatic carbocycles. The van der Waals surface area contributed by atoms with E-state index in [0.717, 1.165) is 54.2 Å². The van der Waals surface area contributed by atoms with Crippen molar-refractivity contribution in [2.75, 3.05) is 31.1 Å². The van der Waals surface area contributed by atoms with E-state index in [1.54, 1.807) is 11.3 Å². The van der Waals surface area contributed by atoms with Crippen LogP contribution in [0.4, 0.5) is 5.13 Å². The van der Waals surface area contributed by atoms with E-state index in [2.05, 4.69) is 9.80 Å². The van der Waals surface area contributed by atoms with Crippen molar-refractivity contribution in [3.8, 4) is 0 Å². The van der Waals surface area contributed by atoms with Crippen LogP contribution in [0.5, 0.6) is 0 Å². The van der Waals surface area contributed by atoms with E-state index in [-0.39, 0.29) is 0 Å². The molecule has 2 aliphatic carbocycles. The van der Waals surface area contributed by atoms with Gasteiger partial charge in [0.15, 0.2) is 11.4 Å². The molecule has 21 heavy (non-hydrogen) atoms. The zero-order chi connectivity index (χ0) is 14.2. The Labute approximate surface area is 130 Å². The van der Waals surface area contributed by atoms with Gasteiger partial charge in [-0.05, 0) is 25.7 Å². The third-order valence-electron chi connectivity index (χ3n) is 5.17. The van der Waals surface area contributed by atoms with Crippen molar-refractivity contribution < 1.29 is 4.79 Å². The Bertz CT molecular complexity index is 512. The molecule has 1 aromatic heterocycles. The first-order valence-corrected chi connectivity index (χ1v) is 9.11. The zero-order valence-electron chi connectivity index (χ0n) is 12.5. The summed E-state index contributed by atoms with van der Waals surface area (Å²) in [7, 11) is 0. The highest BCUT2D eigenvalue weighted by Crippen LogP contribution is 2.43. The smallest absolute Gasteiger partial charge is 0.186 e. The van der Waals surface area contributed by atoms with Crippen LogP contribution >= 0.6 is 11.3 Å². The quantitative estimate of drug-likeness (QED) is 0.802. The first-order chi connectivity index (χ1) is 10.3. The van der Waals surface area contributed by atoms with Crippen molar-refractivity contribution >= 4 is 22.8 Å². The summed E-state index contributed by atoms with van der Waals surface area (Å²) in [5.41, 5.74) is 1.07. The topological polar surface area (TPSA) is 36.4 Å². The Morgan fingerprint density at radius 3 is 2.38 bits per heavy atom. The van der Waals surface area contributed by atoms with E-state index in [1.807, 2.05) is 0 Å². The Hall–Kier alpha value is -0.940. The Morgan fingerprint density at radius 2 is 1.76 bits per heavy atom. The molecular formula is C16H23N3OS. The van der Waals surface area contributed by atoms with E-state index >= 15 is 0 Å². The number of carbonyl (C=O) groups excluding carboxylic acids is 1. The molecule has 0 atom stereocenters. The highest BCUT2D eigenvalue weighted by molar-refractivity contribution is 7.17. The second kappa shape index (κ2) is 5.69. The summed E-state index contributed by atoms with van der Waals surface area (Å²) in [6.07, 6.45) is 9.01. The fourth-order valence-electron chi connectivity index (χ4n) is 3.75. The molecule has 0 unspecified atom stereocenters. The van der Waals surface area contributed by atoms with Gasteiger partial charge in [0.05, 0.1) is 10.6 Å². The second-order valence-corrected chi connectivity index (χ2v) is 7.61. The Kier molecular flexibility index (Phi) is 3.71. The van der Waals surface area contributed by atoms with Crippen molar-refractivity contribution in [2.24, 2.45) is 0 Å². The van der Waals surface area contributed by atoms with Gasteiger partial charge in [-0.15, -0.1) is 0 Å². The van der Waals surface area contributed by atoms with Gasteiger partial charge < -0.3 is 4.90 Å². The van der Waals surface area contributed by atoms with Gasteiger partial charge in [-0.25, -0.2) is 4.98 Å². The van der Waals surface area contributed by atoms with Gasteiger partial charge >= 0.3 is 0 Å². The van der Waals surface area contributed by atoms with Gasteiger partial charge in [0.25, 0.3) is 0 Å². The maximum Gasteiger partial charge on any atom is 0.186 e. The monoisotopic (exact) mass is 305 g/mol. The first-order valence-electron chi connectivity index (χ1n) is 8.30. The van der Waals surface area contributed by atoms with Crippen molar-refractivity contribution in [1.82, 2.24) is 9.88 Å². The molecule has 0 N–H and O–H groups in total. The third kappa shape index (κ3) is 2.73. The van der Waals surface area contributed by atoms with Crippen LogP contribution in [0.1, 0.15) is 59.8 Å². The number of aromatic nitrogens is 1. The summed E-state index contributed by atoms with van der Waals surface area (Å²) in [6, 6.07) is 0.830. The van der Waals surface area contributed by atoms with Crippen LogP contribution in [-0.2, 0) is 0 Å². The summed E-state index contributed by atoms with van der Waals surface area (Å²) in [6.45, 7) is 4.43. The number of hydrogen-bond donors (Lipinski definition) is 0. The average molecular weight is 305 g/mol. The number of hydrogen-bond acceptors (Lipinski definition) is 5. The number of rotatable bonds is 4. The number of piperazine rings is 1. The molecule has 3 aliphatic rings. The lowest BCUT2D eigenvalue weighted by Gasteiger charge is -2.37. The lowest BCUT2D eigenvalue weighted by Crippen LogP contribution is -2.49. The molecule has 1 aromatic rings. The fraction of sp³-hybridized carbons (Fsp3) is 0.750. The third-order valence-corrected chi connectivity index (χ3v) is 6.22. The molecule has 0 bridgehead atoms. The molecule has 4 nitrogen and oxygen atoms in total. The molecule has 114 valence electrons. The lowest BCUT2D eigenvalue weighted by molar-refractivity contribution is 0.112. The van der Waals surface area contributed by atoms with Crippen molar-refractivity contribution in [3.63, 3.8) is 0 Å². The summed E-state index contributed by atoms with van der Waals surface area (Å²) in [4.78, 5) is 21.9. The van der Waals surface area contributed by atoms with E-state index in [4.69, 9.17) is 4.98 Å². The summed E-state index contributed by atoms with van der Waals surface area (Å²) < 4.78 is 0. The average Bonchev–Trinajstić information content (AvgIpc) is 3.06. The van der Waals surface area contributed by atoms with Crippen LogP contribution in [0, 0.1) is 0 Å². The van der Waals surface area contributed by atoms with E-state index in [9.17, 15) is 4.79 Å². The number of anilines is 1. The highest BCUT2D eigenvalue weighted by atomic mass is 32.1. The predicted molar refractivity (Wildman–Crippen MR) is 85.5 cm³/mol. The van der Waals surface area contributed by atoms with Gasteiger partial charge in [-0.1, -0.05) is 24.2 Å². The van der Waals surface area contributed by atoms with Gasteiger partial charge in [-0.3, -0.25) is 9.69 Å². The number of carbonyl (C=O) groups is 1. The minimum absolute atomic E-state index is 0.565. The molecule has 2 saturated carbocycles. The summed E-state index contributed by atoms with van der Waals surface area (Å²) in [5.74, 6) is 0.565. The lowest BCUT2D eigenvalue weighted by atomic mass is 10.2. The van der Waals surface area contributed by atoms with Crippen LogP contribution in [0.3, 0.4) is 0 Å². The predicted octanol–water partition coefficient (Wildman–Crippen LogP) is 2.90. The van der Waals surface area contributed by atoms with E-state index in [0.29, 0.717) is 5.92 Å². The fourth-order valence-corrected chi connectivity index (χ4v) is 4.77.